The summed E-state index contributed by atoms with van der Waals surface area (Å²) in [4.78, 5) is 22.7. The fourth-order valence-corrected chi connectivity index (χ4v) is 4.24. The Hall–Kier alpha value is -3.19. The van der Waals surface area contributed by atoms with E-state index in [4.69, 9.17) is 4.74 Å². The molecule has 2 aromatic carbocycles. The van der Waals surface area contributed by atoms with Gasteiger partial charge in [0.25, 0.3) is 5.56 Å². The Bertz CT molecular complexity index is 1220. The van der Waals surface area contributed by atoms with Gasteiger partial charge in [0.05, 0.1) is 28.6 Å². The summed E-state index contributed by atoms with van der Waals surface area (Å²) in [5.41, 5.74) is 3.68. The Morgan fingerprint density at radius 2 is 1.97 bits per heavy atom. The van der Waals surface area contributed by atoms with Gasteiger partial charge in [-0.25, -0.2) is 4.98 Å². The van der Waals surface area contributed by atoms with E-state index in [1.54, 1.807) is 7.11 Å². The van der Waals surface area contributed by atoms with Crippen LogP contribution in [0.5, 0.6) is 5.75 Å². The quantitative estimate of drug-likeness (QED) is 0.335. The normalized spacial score (nSPS) is 11.9. The lowest BCUT2D eigenvalue weighted by Crippen LogP contribution is -2.19. The SMILES string of the molecule is CCCCN=C(C)c1c(-c2ccc(OC)cc2)[nH]n(-c2nc3ccccc3s2)c1=O. The number of hydrogen-bond donors (Lipinski definition) is 1. The van der Waals surface area contributed by atoms with Crippen LogP contribution < -0.4 is 10.3 Å². The molecular weight excluding hydrogens is 396 g/mol. The summed E-state index contributed by atoms with van der Waals surface area (Å²) < 4.78 is 7.83. The topological polar surface area (TPSA) is 72.3 Å². The van der Waals surface area contributed by atoms with Crippen LogP contribution in [0.2, 0.25) is 0 Å². The zero-order valence-electron chi connectivity index (χ0n) is 17.3. The van der Waals surface area contributed by atoms with E-state index in [1.165, 1.54) is 16.0 Å². The smallest absolute Gasteiger partial charge is 0.283 e. The van der Waals surface area contributed by atoms with Crippen LogP contribution >= 0.6 is 11.3 Å². The van der Waals surface area contributed by atoms with Gasteiger partial charge in [0, 0.05) is 17.8 Å². The van der Waals surface area contributed by atoms with Crippen molar-refractivity contribution in [1.29, 1.82) is 0 Å². The summed E-state index contributed by atoms with van der Waals surface area (Å²) in [5, 5.41) is 3.90. The predicted octanol–water partition coefficient (Wildman–Crippen LogP) is 5.06. The summed E-state index contributed by atoms with van der Waals surface area (Å²) in [6.45, 7) is 4.73. The first-order valence-electron chi connectivity index (χ1n) is 9.99. The Labute approximate surface area is 178 Å². The standard InChI is InChI=1S/C23H24N4O2S/c1-4-5-14-24-15(2)20-21(16-10-12-17(29-3)13-11-16)26-27(22(20)28)23-25-18-8-6-7-9-19(18)30-23/h6-13,26H,4-5,14H2,1-3H3. The van der Waals surface area contributed by atoms with E-state index < -0.39 is 0 Å². The number of aromatic nitrogens is 3. The van der Waals surface area contributed by atoms with E-state index in [-0.39, 0.29) is 5.56 Å². The van der Waals surface area contributed by atoms with Gasteiger partial charge in [-0.15, -0.1) is 0 Å². The molecule has 0 atom stereocenters. The minimum absolute atomic E-state index is 0.141. The number of nitrogens with one attached hydrogen (secondary N) is 1. The monoisotopic (exact) mass is 420 g/mol. The van der Waals surface area contributed by atoms with Crippen molar-refractivity contribution in [2.45, 2.75) is 26.7 Å². The average Bonchev–Trinajstić information content (AvgIpc) is 3.34. The molecule has 0 amide bonds. The van der Waals surface area contributed by atoms with Crippen molar-refractivity contribution < 1.29 is 4.74 Å². The molecule has 0 saturated carbocycles. The van der Waals surface area contributed by atoms with Crippen LogP contribution in [0.4, 0.5) is 0 Å². The van der Waals surface area contributed by atoms with Crippen molar-refractivity contribution >= 4 is 27.3 Å². The summed E-state index contributed by atoms with van der Waals surface area (Å²) in [5.74, 6) is 0.765. The molecule has 0 aliphatic carbocycles. The van der Waals surface area contributed by atoms with E-state index in [0.717, 1.165) is 45.8 Å². The molecule has 4 rings (SSSR count). The summed E-state index contributed by atoms with van der Waals surface area (Å²) in [6.07, 6.45) is 2.05. The van der Waals surface area contributed by atoms with Gasteiger partial charge in [-0.3, -0.25) is 14.9 Å². The highest BCUT2D eigenvalue weighted by molar-refractivity contribution is 7.20. The van der Waals surface area contributed by atoms with Gasteiger partial charge < -0.3 is 4.74 Å². The van der Waals surface area contributed by atoms with Crippen LogP contribution in [0, 0.1) is 0 Å². The lowest BCUT2D eigenvalue weighted by Gasteiger charge is -2.04. The third-order valence-electron chi connectivity index (χ3n) is 4.97. The molecule has 1 N–H and O–H groups in total. The molecule has 0 spiro atoms. The first kappa shape index (κ1) is 20.1. The highest BCUT2D eigenvalue weighted by atomic mass is 32.1. The Morgan fingerprint density at radius 1 is 1.20 bits per heavy atom. The molecular formula is C23H24N4O2S. The van der Waals surface area contributed by atoms with Crippen molar-refractivity contribution in [1.82, 2.24) is 14.8 Å². The third kappa shape index (κ3) is 3.80. The minimum atomic E-state index is -0.141. The van der Waals surface area contributed by atoms with Crippen molar-refractivity contribution in [3.63, 3.8) is 0 Å². The van der Waals surface area contributed by atoms with Crippen molar-refractivity contribution in [2.75, 3.05) is 13.7 Å². The number of hydrogen-bond acceptors (Lipinski definition) is 5. The number of para-hydroxylation sites is 1. The van der Waals surface area contributed by atoms with Gasteiger partial charge in [0.1, 0.15) is 5.75 Å². The largest absolute Gasteiger partial charge is 0.497 e. The van der Waals surface area contributed by atoms with Gasteiger partial charge in [-0.2, -0.15) is 4.68 Å². The van der Waals surface area contributed by atoms with E-state index in [2.05, 4.69) is 22.0 Å². The number of ether oxygens (including phenoxy) is 1. The first-order valence-corrected chi connectivity index (χ1v) is 10.8. The number of H-pyrrole nitrogens is 1. The molecule has 6 nitrogen and oxygen atoms in total. The fraction of sp³-hybridized carbons (Fsp3) is 0.261. The number of methoxy groups -OCH3 is 1. The molecule has 0 bridgehead atoms. The van der Waals surface area contributed by atoms with Gasteiger partial charge in [0.15, 0.2) is 0 Å². The average molecular weight is 421 g/mol. The molecule has 0 fully saturated rings. The second kappa shape index (κ2) is 8.67. The van der Waals surface area contributed by atoms with Gasteiger partial charge in [0.2, 0.25) is 5.13 Å². The second-order valence-electron chi connectivity index (χ2n) is 7.02. The number of fused-ring (bicyclic) bond motifs is 1. The number of rotatable bonds is 7. The first-order chi connectivity index (χ1) is 14.6. The minimum Gasteiger partial charge on any atom is -0.497 e. The third-order valence-corrected chi connectivity index (χ3v) is 5.99. The maximum atomic E-state index is 13.4. The lowest BCUT2D eigenvalue weighted by molar-refractivity contribution is 0.415. The van der Waals surface area contributed by atoms with Crippen LogP contribution in [-0.4, -0.2) is 34.1 Å². The molecule has 0 aliphatic heterocycles. The number of aliphatic imine (C=N–C) groups is 1. The van der Waals surface area contributed by atoms with E-state index in [0.29, 0.717) is 17.2 Å². The predicted molar refractivity (Wildman–Crippen MR) is 124 cm³/mol. The molecule has 0 saturated heterocycles. The molecule has 4 aromatic rings. The molecule has 154 valence electrons. The van der Waals surface area contributed by atoms with E-state index in [1.807, 2.05) is 55.5 Å². The zero-order chi connectivity index (χ0) is 21.1. The van der Waals surface area contributed by atoms with Crippen LogP contribution in [0.1, 0.15) is 32.3 Å². The van der Waals surface area contributed by atoms with Crippen LogP contribution in [-0.2, 0) is 0 Å². The van der Waals surface area contributed by atoms with Crippen LogP contribution in [0.15, 0.2) is 58.3 Å². The van der Waals surface area contributed by atoms with E-state index >= 15 is 0 Å². The number of thiazole rings is 1. The Balaban J connectivity index is 1.87. The highest BCUT2D eigenvalue weighted by Crippen LogP contribution is 2.27. The molecule has 2 heterocycles. The Morgan fingerprint density at radius 3 is 2.67 bits per heavy atom. The molecule has 2 aromatic heterocycles. The molecule has 7 heteroatoms. The molecule has 30 heavy (non-hydrogen) atoms. The van der Waals surface area contributed by atoms with E-state index in [9.17, 15) is 4.79 Å². The van der Waals surface area contributed by atoms with Crippen LogP contribution in [0.3, 0.4) is 0 Å². The summed E-state index contributed by atoms with van der Waals surface area (Å²) in [6, 6.07) is 15.5. The van der Waals surface area contributed by atoms with Crippen molar-refractivity contribution in [3.05, 3.63) is 64.4 Å². The second-order valence-corrected chi connectivity index (χ2v) is 8.02. The Kier molecular flexibility index (Phi) is 5.81. The van der Waals surface area contributed by atoms with Gasteiger partial charge in [-0.05, 0) is 49.7 Å². The number of nitrogens with zero attached hydrogens (tertiary/aromatic N) is 3. The van der Waals surface area contributed by atoms with Crippen molar-refractivity contribution in [3.8, 4) is 22.1 Å². The fourth-order valence-electron chi connectivity index (χ4n) is 3.31. The zero-order valence-corrected chi connectivity index (χ0v) is 18.1. The lowest BCUT2D eigenvalue weighted by atomic mass is 10.0. The maximum absolute atomic E-state index is 13.4. The highest BCUT2D eigenvalue weighted by Gasteiger charge is 2.21. The number of aromatic amines is 1. The molecule has 0 radical (unpaired) electrons. The van der Waals surface area contributed by atoms with Crippen LogP contribution in [0.25, 0.3) is 26.6 Å². The van der Waals surface area contributed by atoms with Crippen molar-refractivity contribution in [2.24, 2.45) is 4.99 Å². The number of benzene rings is 2. The molecule has 0 aliphatic rings. The summed E-state index contributed by atoms with van der Waals surface area (Å²) in [7, 11) is 1.64. The van der Waals surface area contributed by atoms with Gasteiger partial charge in [-0.1, -0.05) is 36.8 Å². The van der Waals surface area contributed by atoms with Gasteiger partial charge >= 0.3 is 0 Å². The summed E-state index contributed by atoms with van der Waals surface area (Å²) >= 11 is 1.48. The maximum Gasteiger partial charge on any atom is 0.283 e. The molecule has 0 unspecified atom stereocenters. The number of unbranched alkanes of at least 4 members (excludes halogenated alkanes) is 1.